The lowest BCUT2D eigenvalue weighted by Gasteiger charge is -2.23. The van der Waals surface area contributed by atoms with Crippen molar-refractivity contribution < 1.29 is 23.8 Å². The van der Waals surface area contributed by atoms with Crippen molar-refractivity contribution in [1.82, 2.24) is 0 Å². The molecule has 0 bridgehead atoms. The summed E-state index contributed by atoms with van der Waals surface area (Å²) in [5.74, 6) is -1.02. The molecule has 30 heavy (non-hydrogen) atoms. The van der Waals surface area contributed by atoms with Crippen molar-refractivity contribution in [3.8, 4) is 5.75 Å². The molecule has 2 heterocycles. The first-order chi connectivity index (χ1) is 14.4. The van der Waals surface area contributed by atoms with Gasteiger partial charge in [-0.1, -0.05) is 17.7 Å². The Balaban J connectivity index is 1.92. The van der Waals surface area contributed by atoms with Gasteiger partial charge in [0.25, 0.3) is 11.7 Å². The molecule has 3 aromatic rings. The number of methoxy groups -OCH3 is 1. The van der Waals surface area contributed by atoms with Gasteiger partial charge in [0.1, 0.15) is 23.3 Å². The first kappa shape index (κ1) is 20.3. The molecule has 0 radical (unpaired) electrons. The molecule has 1 N–H and O–H groups in total. The van der Waals surface area contributed by atoms with Gasteiger partial charge in [0.15, 0.2) is 0 Å². The topological polar surface area (TPSA) is 80.0 Å². The zero-order chi connectivity index (χ0) is 21.4. The smallest absolute Gasteiger partial charge is 0.300 e. The quantitative estimate of drug-likeness (QED) is 0.305. The van der Waals surface area contributed by atoms with Crippen molar-refractivity contribution in [3.05, 3.63) is 87.3 Å². The normalized spacial score (nSPS) is 18.1. The fraction of sp³-hybridized carbons (Fsp3) is 0.0909. The molecule has 0 saturated carbocycles. The fourth-order valence-electron chi connectivity index (χ4n) is 3.41. The van der Waals surface area contributed by atoms with Gasteiger partial charge in [-0.05, 0) is 64.5 Å². The lowest BCUT2D eigenvalue weighted by molar-refractivity contribution is -0.132. The summed E-state index contributed by atoms with van der Waals surface area (Å²) in [7, 11) is 1.52. The maximum atomic E-state index is 13.0. The summed E-state index contributed by atoms with van der Waals surface area (Å²) in [5, 5.41) is 11.4. The summed E-state index contributed by atoms with van der Waals surface area (Å²) in [6, 6.07) is 13.8. The van der Waals surface area contributed by atoms with Gasteiger partial charge < -0.3 is 14.3 Å². The Bertz CT molecular complexity index is 1170. The third-order valence-corrected chi connectivity index (χ3v) is 5.62. The third kappa shape index (κ3) is 3.40. The number of hydrogen-bond donors (Lipinski definition) is 1. The number of furan rings is 1. The minimum atomic E-state index is -0.945. The maximum absolute atomic E-state index is 13.0. The lowest BCUT2D eigenvalue weighted by Crippen LogP contribution is -2.29. The molecule has 0 spiro atoms. The first-order valence-electron chi connectivity index (χ1n) is 8.86. The van der Waals surface area contributed by atoms with E-state index in [0.29, 0.717) is 32.3 Å². The van der Waals surface area contributed by atoms with Gasteiger partial charge in [-0.3, -0.25) is 14.5 Å². The largest absolute Gasteiger partial charge is 0.507 e. The van der Waals surface area contributed by atoms with E-state index in [-0.39, 0.29) is 11.3 Å². The minimum absolute atomic E-state index is 0.0769. The Hall–Kier alpha value is -3.03. The van der Waals surface area contributed by atoms with E-state index in [1.54, 1.807) is 54.6 Å². The van der Waals surface area contributed by atoms with Crippen molar-refractivity contribution in [2.45, 2.75) is 6.04 Å². The Labute approximate surface area is 185 Å². The number of Topliss-reactive ketones (excluding diaryl/α,β-unsaturated/α-hetero) is 1. The number of carbonyl (C=O) groups excluding carboxylic acids is 2. The SMILES string of the molecule is COc1ccc(/C(O)=C2/C(=O)C(=O)N(c3cccc(Cl)c3)C2c2ccco2)cc1Br. The number of nitrogens with zero attached hydrogens (tertiary/aromatic N) is 1. The molecule has 6 nitrogen and oxygen atoms in total. The van der Waals surface area contributed by atoms with Crippen LogP contribution in [0.3, 0.4) is 0 Å². The molecule has 1 amide bonds. The molecular formula is C22H15BrClNO5. The lowest BCUT2D eigenvalue weighted by atomic mass is 9.99. The number of amides is 1. The number of carbonyl (C=O) groups is 2. The molecule has 8 heteroatoms. The van der Waals surface area contributed by atoms with Crippen LogP contribution in [0, 0.1) is 0 Å². The zero-order valence-electron chi connectivity index (χ0n) is 15.6. The number of halogens is 2. The number of benzene rings is 2. The van der Waals surface area contributed by atoms with Gasteiger partial charge in [-0.2, -0.15) is 0 Å². The number of ketones is 1. The maximum Gasteiger partial charge on any atom is 0.300 e. The van der Waals surface area contributed by atoms with E-state index in [2.05, 4.69) is 15.9 Å². The van der Waals surface area contributed by atoms with Crippen molar-refractivity contribution in [3.63, 3.8) is 0 Å². The Kier molecular flexibility index (Phi) is 5.40. The van der Waals surface area contributed by atoms with E-state index in [1.807, 2.05) is 0 Å². The van der Waals surface area contributed by atoms with Gasteiger partial charge in [0.05, 0.1) is 23.4 Å². The number of aliphatic hydroxyl groups is 1. The highest BCUT2D eigenvalue weighted by Gasteiger charge is 2.48. The van der Waals surface area contributed by atoms with Crippen LogP contribution in [0.4, 0.5) is 5.69 Å². The Morgan fingerprint density at radius 3 is 2.60 bits per heavy atom. The molecule has 1 fully saturated rings. The van der Waals surface area contributed by atoms with Gasteiger partial charge in [0.2, 0.25) is 0 Å². The second kappa shape index (κ2) is 8.01. The van der Waals surface area contributed by atoms with Gasteiger partial charge in [0, 0.05) is 16.3 Å². The van der Waals surface area contributed by atoms with Crippen LogP contribution in [-0.2, 0) is 9.59 Å². The molecule has 1 aromatic heterocycles. The highest BCUT2D eigenvalue weighted by molar-refractivity contribution is 9.10. The van der Waals surface area contributed by atoms with Gasteiger partial charge in [-0.25, -0.2) is 0 Å². The number of rotatable bonds is 4. The van der Waals surface area contributed by atoms with Crippen LogP contribution >= 0.6 is 27.5 Å². The number of ether oxygens (including phenoxy) is 1. The molecule has 2 aromatic carbocycles. The average Bonchev–Trinajstić information content (AvgIpc) is 3.34. The van der Waals surface area contributed by atoms with Crippen LogP contribution < -0.4 is 9.64 Å². The van der Waals surface area contributed by atoms with Gasteiger partial charge in [-0.15, -0.1) is 0 Å². The van der Waals surface area contributed by atoms with Crippen LogP contribution in [0.5, 0.6) is 5.75 Å². The standard InChI is InChI=1S/C22H15BrClNO5/c1-29-16-8-7-12(10-15(16)23)20(26)18-19(17-6-3-9-30-17)25(22(28)21(18)27)14-5-2-4-13(24)11-14/h2-11,19,26H,1H3/b20-18-. The Morgan fingerprint density at radius 1 is 1.17 bits per heavy atom. The van der Waals surface area contributed by atoms with E-state index in [4.69, 9.17) is 20.8 Å². The molecule has 152 valence electrons. The second-order valence-electron chi connectivity index (χ2n) is 6.51. The summed E-state index contributed by atoms with van der Waals surface area (Å²) in [6.07, 6.45) is 1.44. The molecular weight excluding hydrogens is 474 g/mol. The summed E-state index contributed by atoms with van der Waals surface area (Å²) >= 11 is 9.46. The van der Waals surface area contributed by atoms with Crippen LogP contribution in [0.15, 0.2) is 75.3 Å². The highest BCUT2D eigenvalue weighted by Crippen LogP contribution is 2.43. The van der Waals surface area contributed by atoms with Crippen LogP contribution in [0.25, 0.3) is 5.76 Å². The van der Waals surface area contributed by atoms with Crippen LogP contribution in [0.2, 0.25) is 5.02 Å². The van der Waals surface area contributed by atoms with Crippen molar-refractivity contribution >= 4 is 50.7 Å². The summed E-state index contributed by atoms with van der Waals surface area (Å²) in [4.78, 5) is 27.2. The number of aliphatic hydroxyl groups excluding tert-OH is 1. The van der Waals surface area contributed by atoms with Crippen molar-refractivity contribution in [2.24, 2.45) is 0 Å². The van der Waals surface area contributed by atoms with Crippen molar-refractivity contribution in [2.75, 3.05) is 12.0 Å². The van der Waals surface area contributed by atoms with E-state index in [9.17, 15) is 14.7 Å². The molecule has 1 atom stereocenters. The predicted octanol–water partition coefficient (Wildman–Crippen LogP) is 5.33. The average molecular weight is 489 g/mol. The molecule has 1 aliphatic rings. The summed E-state index contributed by atoms with van der Waals surface area (Å²) < 4.78 is 11.3. The van der Waals surface area contributed by atoms with Crippen LogP contribution in [-0.4, -0.2) is 23.9 Å². The van der Waals surface area contributed by atoms with E-state index in [1.165, 1.54) is 18.3 Å². The fourth-order valence-corrected chi connectivity index (χ4v) is 4.14. The Morgan fingerprint density at radius 2 is 1.97 bits per heavy atom. The van der Waals surface area contributed by atoms with Crippen molar-refractivity contribution in [1.29, 1.82) is 0 Å². The highest BCUT2D eigenvalue weighted by atomic mass is 79.9. The molecule has 4 rings (SSSR count). The first-order valence-corrected chi connectivity index (χ1v) is 10.0. The molecule has 1 aliphatic heterocycles. The molecule has 1 unspecified atom stereocenters. The summed E-state index contributed by atoms with van der Waals surface area (Å²) in [5.41, 5.74) is 0.691. The van der Waals surface area contributed by atoms with Gasteiger partial charge >= 0.3 is 0 Å². The molecule has 1 saturated heterocycles. The van der Waals surface area contributed by atoms with E-state index < -0.39 is 17.7 Å². The number of hydrogen-bond acceptors (Lipinski definition) is 5. The zero-order valence-corrected chi connectivity index (χ0v) is 18.0. The monoisotopic (exact) mass is 487 g/mol. The molecule has 0 aliphatic carbocycles. The summed E-state index contributed by atoms with van der Waals surface area (Å²) in [6.45, 7) is 0. The van der Waals surface area contributed by atoms with E-state index in [0.717, 1.165) is 0 Å². The van der Waals surface area contributed by atoms with Crippen LogP contribution in [0.1, 0.15) is 17.4 Å². The minimum Gasteiger partial charge on any atom is -0.507 e. The predicted molar refractivity (Wildman–Crippen MR) is 116 cm³/mol. The van der Waals surface area contributed by atoms with E-state index >= 15 is 0 Å². The number of anilines is 1. The second-order valence-corrected chi connectivity index (χ2v) is 7.80. The third-order valence-electron chi connectivity index (χ3n) is 4.77.